The average Bonchev–Trinajstić information content (AvgIpc) is 3.25. The zero-order valence-corrected chi connectivity index (χ0v) is 13.2. The molecule has 5 heteroatoms. The van der Waals surface area contributed by atoms with E-state index in [9.17, 15) is 4.79 Å². The van der Waals surface area contributed by atoms with Crippen LogP contribution < -0.4 is 4.74 Å². The minimum absolute atomic E-state index is 0.176. The zero-order chi connectivity index (χ0) is 14.7. The highest BCUT2D eigenvalue weighted by atomic mass is 35.5. The fourth-order valence-electron chi connectivity index (χ4n) is 2.08. The summed E-state index contributed by atoms with van der Waals surface area (Å²) < 4.78 is 5.58. The van der Waals surface area contributed by atoms with Gasteiger partial charge in [-0.05, 0) is 32.1 Å². The van der Waals surface area contributed by atoms with Gasteiger partial charge in [0.05, 0.1) is 16.5 Å². The summed E-state index contributed by atoms with van der Waals surface area (Å²) in [5.74, 6) is 0.976. The number of thioether (sulfide) groups is 1. The lowest BCUT2D eigenvalue weighted by Gasteiger charge is -2.15. The summed E-state index contributed by atoms with van der Waals surface area (Å²) in [6.07, 6.45) is 4.08. The van der Waals surface area contributed by atoms with Crippen LogP contribution in [0.5, 0.6) is 5.75 Å². The van der Waals surface area contributed by atoms with Crippen LogP contribution in [0.25, 0.3) is 0 Å². The standard InChI is InChI=1S/C15H18ClNO2S/c1-3-19-14-11(16)7-6-10(15(14)20-2)12(17)8-13(18)9-4-5-9/h6-7,9,17H,3-5,8H2,1-2H3. The molecule has 0 amide bonds. The van der Waals surface area contributed by atoms with Crippen molar-refractivity contribution in [3.8, 4) is 5.75 Å². The van der Waals surface area contributed by atoms with Gasteiger partial charge in [0.25, 0.3) is 0 Å². The summed E-state index contributed by atoms with van der Waals surface area (Å²) in [5, 5.41) is 8.73. The van der Waals surface area contributed by atoms with Crippen LogP contribution in [0.4, 0.5) is 0 Å². The lowest BCUT2D eigenvalue weighted by Crippen LogP contribution is -2.11. The van der Waals surface area contributed by atoms with Gasteiger partial charge in [-0.2, -0.15) is 0 Å². The van der Waals surface area contributed by atoms with Crippen LogP contribution in [0.15, 0.2) is 17.0 Å². The molecule has 0 spiro atoms. The molecule has 1 aromatic carbocycles. The van der Waals surface area contributed by atoms with Gasteiger partial charge in [-0.3, -0.25) is 4.79 Å². The predicted octanol–water partition coefficient (Wildman–Crippen LogP) is 4.20. The van der Waals surface area contributed by atoms with Crippen LogP contribution in [-0.2, 0) is 4.79 Å². The number of benzene rings is 1. The molecule has 0 aromatic heterocycles. The normalized spacial score (nSPS) is 14.2. The first kappa shape index (κ1) is 15.4. The highest BCUT2D eigenvalue weighted by Gasteiger charge is 2.30. The van der Waals surface area contributed by atoms with Crippen LogP contribution in [-0.4, -0.2) is 24.4 Å². The number of halogens is 1. The maximum atomic E-state index is 11.9. The maximum Gasteiger partial charge on any atom is 0.152 e. The molecule has 1 saturated carbocycles. The summed E-state index contributed by atoms with van der Waals surface area (Å²) in [7, 11) is 0. The lowest BCUT2D eigenvalue weighted by molar-refractivity contribution is -0.119. The Bertz CT molecular complexity index is 541. The summed E-state index contributed by atoms with van der Waals surface area (Å²) >= 11 is 7.65. The molecule has 1 aliphatic carbocycles. The van der Waals surface area contributed by atoms with Gasteiger partial charge in [-0.1, -0.05) is 17.7 Å². The molecule has 0 heterocycles. The van der Waals surface area contributed by atoms with Gasteiger partial charge in [0.2, 0.25) is 0 Å². The van der Waals surface area contributed by atoms with Crippen molar-refractivity contribution in [3.63, 3.8) is 0 Å². The quantitative estimate of drug-likeness (QED) is 0.606. The van der Waals surface area contributed by atoms with Crippen molar-refractivity contribution in [1.82, 2.24) is 0 Å². The van der Waals surface area contributed by atoms with Crippen LogP contribution >= 0.6 is 23.4 Å². The summed E-state index contributed by atoms with van der Waals surface area (Å²) in [6, 6.07) is 3.54. The van der Waals surface area contributed by atoms with E-state index < -0.39 is 0 Å². The molecule has 108 valence electrons. The van der Waals surface area contributed by atoms with Crippen molar-refractivity contribution in [2.45, 2.75) is 31.1 Å². The Balaban J connectivity index is 2.27. The second-order valence-corrected chi connectivity index (χ2v) is 6.01. The highest BCUT2D eigenvalue weighted by Crippen LogP contribution is 2.39. The zero-order valence-electron chi connectivity index (χ0n) is 11.7. The summed E-state index contributed by atoms with van der Waals surface area (Å²) in [5.41, 5.74) is 1.10. The second-order valence-electron chi connectivity index (χ2n) is 4.79. The van der Waals surface area contributed by atoms with E-state index in [1.54, 1.807) is 12.1 Å². The maximum absolute atomic E-state index is 11.9. The van der Waals surface area contributed by atoms with E-state index in [4.69, 9.17) is 21.7 Å². The first-order valence-electron chi connectivity index (χ1n) is 6.68. The Morgan fingerprint density at radius 3 is 2.75 bits per heavy atom. The van der Waals surface area contributed by atoms with Gasteiger partial charge in [0.1, 0.15) is 5.78 Å². The molecule has 0 unspecified atom stereocenters. The van der Waals surface area contributed by atoms with E-state index in [1.807, 2.05) is 13.2 Å². The predicted molar refractivity (Wildman–Crippen MR) is 83.6 cm³/mol. The summed E-state index contributed by atoms with van der Waals surface area (Å²) in [4.78, 5) is 12.7. The van der Waals surface area contributed by atoms with E-state index in [0.29, 0.717) is 23.1 Å². The SMILES string of the molecule is CCOc1c(Cl)ccc(C(=N)CC(=O)C2CC2)c1SC. The number of ketones is 1. The molecule has 1 fully saturated rings. The van der Waals surface area contributed by atoms with Crippen LogP contribution in [0.3, 0.4) is 0 Å². The van der Waals surface area contributed by atoms with E-state index in [0.717, 1.165) is 23.3 Å². The number of carbonyl (C=O) groups excluding carboxylic acids is 1. The molecular formula is C15H18ClNO2S. The number of hydrogen-bond donors (Lipinski definition) is 1. The average molecular weight is 312 g/mol. The molecule has 2 rings (SSSR count). The minimum Gasteiger partial charge on any atom is -0.491 e. The Morgan fingerprint density at radius 1 is 1.50 bits per heavy atom. The van der Waals surface area contributed by atoms with Crippen molar-refractivity contribution < 1.29 is 9.53 Å². The van der Waals surface area contributed by atoms with Gasteiger partial charge in [-0.25, -0.2) is 0 Å². The van der Waals surface area contributed by atoms with Crippen LogP contribution in [0, 0.1) is 11.3 Å². The largest absolute Gasteiger partial charge is 0.491 e. The molecule has 0 bridgehead atoms. The van der Waals surface area contributed by atoms with Crippen LogP contribution in [0.2, 0.25) is 5.02 Å². The topological polar surface area (TPSA) is 50.1 Å². The monoisotopic (exact) mass is 311 g/mol. The highest BCUT2D eigenvalue weighted by molar-refractivity contribution is 7.98. The van der Waals surface area contributed by atoms with Crippen molar-refractivity contribution in [2.24, 2.45) is 5.92 Å². The third-order valence-electron chi connectivity index (χ3n) is 3.27. The molecule has 3 nitrogen and oxygen atoms in total. The van der Waals surface area contributed by atoms with Gasteiger partial charge in [0, 0.05) is 23.6 Å². The van der Waals surface area contributed by atoms with Crippen LogP contribution in [0.1, 0.15) is 31.7 Å². The number of carbonyl (C=O) groups is 1. The fraction of sp³-hybridized carbons (Fsp3) is 0.467. The van der Waals surface area contributed by atoms with Crippen molar-refractivity contribution in [3.05, 3.63) is 22.7 Å². The number of nitrogens with one attached hydrogen (secondary N) is 1. The van der Waals surface area contributed by atoms with Crippen molar-refractivity contribution in [2.75, 3.05) is 12.9 Å². The van der Waals surface area contributed by atoms with Crippen molar-refractivity contribution >= 4 is 34.9 Å². The smallest absolute Gasteiger partial charge is 0.152 e. The Morgan fingerprint density at radius 2 is 2.20 bits per heavy atom. The van der Waals surface area contributed by atoms with E-state index >= 15 is 0 Å². The molecule has 1 aliphatic rings. The lowest BCUT2D eigenvalue weighted by atomic mass is 10.0. The van der Waals surface area contributed by atoms with E-state index in [-0.39, 0.29) is 18.1 Å². The Labute approximate surface area is 128 Å². The summed E-state index contributed by atoms with van der Waals surface area (Å²) in [6.45, 7) is 2.42. The van der Waals surface area contributed by atoms with Gasteiger partial charge in [-0.15, -0.1) is 11.8 Å². The Hall–Kier alpha value is -1.00. The third-order valence-corrected chi connectivity index (χ3v) is 4.38. The molecular weight excluding hydrogens is 294 g/mol. The third kappa shape index (κ3) is 3.36. The minimum atomic E-state index is 0.176. The van der Waals surface area contributed by atoms with Gasteiger partial charge in [0.15, 0.2) is 5.75 Å². The molecule has 0 atom stereocenters. The first-order chi connectivity index (χ1) is 9.58. The molecule has 1 N–H and O–H groups in total. The number of rotatable bonds is 7. The number of Topliss-reactive ketones (excluding diaryl/α,β-unsaturated/α-hetero) is 1. The Kier molecular flexibility index (Phi) is 5.11. The number of hydrogen-bond acceptors (Lipinski definition) is 4. The second kappa shape index (κ2) is 6.64. The molecule has 0 saturated heterocycles. The first-order valence-corrected chi connectivity index (χ1v) is 8.28. The van der Waals surface area contributed by atoms with E-state index in [1.165, 1.54) is 11.8 Å². The molecule has 20 heavy (non-hydrogen) atoms. The molecule has 0 radical (unpaired) electrons. The fourth-order valence-corrected chi connectivity index (χ4v) is 3.11. The molecule has 1 aromatic rings. The van der Waals surface area contributed by atoms with Gasteiger partial charge < -0.3 is 10.1 Å². The van der Waals surface area contributed by atoms with E-state index in [2.05, 4.69) is 0 Å². The number of ether oxygens (including phenoxy) is 1. The van der Waals surface area contributed by atoms with Crippen molar-refractivity contribution in [1.29, 1.82) is 5.41 Å². The molecule has 0 aliphatic heterocycles. The van der Waals surface area contributed by atoms with Gasteiger partial charge >= 0.3 is 0 Å².